The number of nitrogens with one attached hydrogen (secondary N) is 1. The van der Waals surface area contributed by atoms with Crippen molar-refractivity contribution in [1.82, 2.24) is 15.5 Å². The number of aryl methyl sites for hydroxylation is 1. The molecule has 0 aliphatic carbocycles. The predicted molar refractivity (Wildman–Crippen MR) is 57.1 cm³/mol. The van der Waals surface area contributed by atoms with Crippen molar-refractivity contribution in [3.05, 3.63) is 11.7 Å². The summed E-state index contributed by atoms with van der Waals surface area (Å²) >= 11 is 0. The van der Waals surface area contributed by atoms with Gasteiger partial charge < -0.3 is 14.6 Å². The molecule has 3 heterocycles. The summed E-state index contributed by atoms with van der Waals surface area (Å²) in [6, 6.07) is 0. The van der Waals surface area contributed by atoms with Gasteiger partial charge in [-0.1, -0.05) is 5.16 Å². The molecular formula is C11H17N3O2. The first-order valence-electron chi connectivity index (χ1n) is 5.89. The predicted octanol–water partition coefficient (Wildman–Crippen LogP) is 0.862. The molecule has 2 aliphatic heterocycles. The number of ether oxygens (including phenoxy) is 1. The number of nitrogens with zero attached hydrogens (tertiary/aromatic N) is 2. The lowest BCUT2D eigenvalue weighted by Crippen LogP contribution is -2.36. The van der Waals surface area contributed by atoms with E-state index in [1.165, 1.54) is 0 Å². The molecule has 0 aromatic carbocycles. The minimum absolute atomic E-state index is 0.286. The second-order valence-electron chi connectivity index (χ2n) is 4.83. The van der Waals surface area contributed by atoms with Gasteiger partial charge in [0.05, 0.1) is 0 Å². The van der Waals surface area contributed by atoms with Gasteiger partial charge in [0.15, 0.2) is 5.82 Å². The Kier molecular flexibility index (Phi) is 2.44. The van der Waals surface area contributed by atoms with Gasteiger partial charge in [-0.05, 0) is 18.3 Å². The first-order chi connectivity index (χ1) is 7.80. The Labute approximate surface area is 94.6 Å². The Morgan fingerprint density at radius 1 is 1.38 bits per heavy atom. The van der Waals surface area contributed by atoms with E-state index in [9.17, 15) is 0 Å². The molecule has 0 radical (unpaired) electrons. The van der Waals surface area contributed by atoms with E-state index in [2.05, 4.69) is 15.5 Å². The van der Waals surface area contributed by atoms with Crippen molar-refractivity contribution in [2.45, 2.75) is 25.7 Å². The Bertz CT molecular complexity index is 371. The van der Waals surface area contributed by atoms with Gasteiger partial charge in [-0.15, -0.1) is 0 Å². The largest absolute Gasteiger partial charge is 0.381 e. The van der Waals surface area contributed by atoms with Crippen molar-refractivity contribution in [2.75, 3.05) is 26.3 Å². The quantitative estimate of drug-likeness (QED) is 0.765. The molecule has 1 aromatic heterocycles. The highest BCUT2D eigenvalue weighted by atomic mass is 16.5. The van der Waals surface area contributed by atoms with Crippen LogP contribution in [-0.4, -0.2) is 36.4 Å². The van der Waals surface area contributed by atoms with Crippen LogP contribution in [0, 0.1) is 12.3 Å². The summed E-state index contributed by atoms with van der Waals surface area (Å²) in [5, 5.41) is 7.54. The normalized spacial score (nSPS) is 28.7. The van der Waals surface area contributed by atoms with Gasteiger partial charge in [0.1, 0.15) is 0 Å². The standard InChI is InChI=1S/C11H17N3O2/c1-8-13-10(14-16-8)9-6-12-7-11(9)2-4-15-5-3-11/h9,12H,2-7H2,1H3/t9-/m1/s1. The van der Waals surface area contributed by atoms with Crippen LogP contribution in [0.5, 0.6) is 0 Å². The van der Waals surface area contributed by atoms with Crippen molar-refractivity contribution in [3.63, 3.8) is 0 Å². The van der Waals surface area contributed by atoms with Crippen LogP contribution in [0.25, 0.3) is 0 Å². The summed E-state index contributed by atoms with van der Waals surface area (Å²) in [4.78, 5) is 4.38. The minimum atomic E-state index is 0.286. The number of rotatable bonds is 1. The molecule has 2 aliphatic rings. The zero-order chi connectivity index (χ0) is 11.0. The van der Waals surface area contributed by atoms with Crippen molar-refractivity contribution in [1.29, 1.82) is 0 Å². The van der Waals surface area contributed by atoms with Crippen LogP contribution in [-0.2, 0) is 4.74 Å². The molecule has 1 spiro atoms. The fourth-order valence-electron chi connectivity index (χ4n) is 2.93. The molecule has 0 bridgehead atoms. The van der Waals surface area contributed by atoms with Crippen molar-refractivity contribution >= 4 is 0 Å². The van der Waals surface area contributed by atoms with Gasteiger partial charge in [0.2, 0.25) is 5.89 Å². The van der Waals surface area contributed by atoms with Crippen molar-refractivity contribution in [2.24, 2.45) is 5.41 Å². The number of hydrogen-bond acceptors (Lipinski definition) is 5. The van der Waals surface area contributed by atoms with Crippen LogP contribution >= 0.6 is 0 Å². The van der Waals surface area contributed by atoms with E-state index in [1.54, 1.807) is 0 Å². The highest BCUT2D eigenvalue weighted by Gasteiger charge is 2.46. The van der Waals surface area contributed by atoms with Crippen LogP contribution < -0.4 is 5.32 Å². The van der Waals surface area contributed by atoms with Crippen LogP contribution in [0.15, 0.2) is 4.52 Å². The van der Waals surface area contributed by atoms with Gasteiger partial charge in [0, 0.05) is 39.1 Å². The summed E-state index contributed by atoms with van der Waals surface area (Å²) in [6.07, 6.45) is 2.19. The van der Waals surface area contributed by atoms with Gasteiger partial charge in [0.25, 0.3) is 0 Å². The zero-order valence-electron chi connectivity index (χ0n) is 9.53. The van der Waals surface area contributed by atoms with Gasteiger partial charge in [-0.25, -0.2) is 0 Å². The van der Waals surface area contributed by atoms with Crippen LogP contribution in [0.3, 0.4) is 0 Å². The Hall–Kier alpha value is -0.940. The maximum absolute atomic E-state index is 5.45. The number of hydrogen-bond donors (Lipinski definition) is 1. The molecule has 1 atom stereocenters. The first-order valence-corrected chi connectivity index (χ1v) is 5.89. The highest BCUT2D eigenvalue weighted by Crippen LogP contribution is 2.45. The van der Waals surface area contributed by atoms with Gasteiger partial charge in [-0.3, -0.25) is 0 Å². The third-order valence-corrected chi connectivity index (χ3v) is 3.91. The molecule has 0 amide bonds. The minimum Gasteiger partial charge on any atom is -0.381 e. The topological polar surface area (TPSA) is 60.2 Å². The Balaban J connectivity index is 1.88. The molecule has 0 saturated carbocycles. The molecule has 2 saturated heterocycles. The van der Waals surface area contributed by atoms with E-state index in [4.69, 9.17) is 9.26 Å². The monoisotopic (exact) mass is 223 g/mol. The van der Waals surface area contributed by atoms with Gasteiger partial charge >= 0.3 is 0 Å². The van der Waals surface area contributed by atoms with E-state index < -0.39 is 0 Å². The molecule has 0 unspecified atom stereocenters. The lowest BCUT2D eigenvalue weighted by atomic mass is 9.72. The molecule has 1 N–H and O–H groups in total. The van der Waals surface area contributed by atoms with E-state index in [1.807, 2.05) is 6.92 Å². The van der Waals surface area contributed by atoms with Crippen molar-refractivity contribution < 1.29 is 9.26 Å². The summed E-state index contributed by atoms with van der Waals surface area (Å²) in [5.41, 5.74) is 0.286. The lowest BCUT2D eigenvalue weighted by Gasteiger charge is -2.36. The first kappa shape index (κ1) is 10.2. The lowest BCUT2D eigenvalue weighted by molar-refractivity contribution is 0.0151. The second kappa shape index (κ2) is 3.82. The smallest absolute Gasteiger partial charge is 0.223 e. The Morgan fingerprint density at radius 2 is 2.19 bits per heavy atom. The average molecular weight is 223 g/mol. The van der Waals surface area contributed by atoms with Gasteiger partial charge in [-0.2, -0.15) is 4.98 Å². The van der Waals surface area contributed by atoms with E-state index in [0.717, 1.165) is 45.0 Å². The van der Waals surface area contributed by atoms with Crippen LogP contribution in [0.4, 0.5) is 0 Å². The summed E-state index contributed by atoms with van der Waals surface area (Å²) in [7, 11) is 0. The molecule has 88 valence electrons. The fourth-order valence-corrected chi connectivity index (χ4v) is 2.93. The second-order valence-corrected chi connectivity index (χ2v) is 4.83. The zero-order valence-corrected chi connectivity index (χ0v) is 9.53. The molecule has 5 heteroatoms. The molecule has 5 nitrogen and oxygen atoms in total. The molecule has 2 fully saturated rings. The van der Waals surface area contributed by atoms with E-state index in [-0.39, 0.29) is 5.41 Å². The molecular weight excluding hydrogens is 206 g/mol. The molecule has 16 heavy (non-hydrogen) atoms. The summed E-state index contributed by atoms with van der Waals surface area (Å²) < 4.78 is 10.5. The maximum Gasteiger partial charge on any atom is 0.223 e. The summed E-state index contributed by atoms with van der Waals surface area (Å²) in [5.74, 6) is 1.90. The molecule has 3 rings (SSSR count). The average Bonchev–Trinajstić information content (AvgIpc) is 2.87. The Morgan fingerprint density at radius 3 is 2.88 bits per heavy atom. The SMILES string of the molecule is Cc1nc([C@H]2CNCC23CCOCC3)no1. The van der Waals surface area contributed by atoms with Crippen LogP contribution in [0.2, 0.25) is 0 Å². The molecule has 1 aromatic rings. The third-order valence-electron chi connectivity index (χ3n) is 3.91. The third kappa shape index (κ3) is 1.55. The van der Waals surface area contributed by atoms with E-state index >= 15 is 0 Å². The maximum atomic E-state index is 5.45. The summed E-state index contributed by atoms with van der Waals surface area (Å²) in [6.45, 7) is 5.56. The van der Waals surface area contributed by atoms with E-state index in [0.29, 0.717) is 11.8 Å². The number of aromatic nitrogens is 2. The highest BCUT2D eigenvalue weighted by molar-refractivity contribution is 5.10. The van der Waals surface area contributed by atoms with Crippen molar-refractivity contribution in [3.8, 4) is 0 Å². The van der Waals surface area contributed by atoms with Crippen LogP contribution in [0.1, 0.15) is 30.5 Å². The fraction of sp³-hybridized carbons (Fsp3) is 0.818.